The first-order chi connectivity index (χ1) is 8.76. The highest BCUT2D eigenvalue weighted by Gasteiger charge is 2.26. The molecule has 18 heavy (non-hydrogen) atoms. The number of anilines is 1. The van der Waals surface area contributed by atoms with Crippen molar-refractivity contribution in [1.29, 1.82) is 0 Å². The lowest BCUT2D eigenvalue weighted by Gasteiger charge is -2.10. The van der Waals surface area contributed by atoms with Gasteiger partial charge in [-0.25, -0.2) is 4.98 Å². The zero-order chi connectivity index (χ0) is 12.5. The van der Waals surface area contributed by atoms with E-state index in [0.717, 1.165) is 18.6 Å². The quantitative estimate of drug-likeness (QED) is 0.867. The number of aryl methyl sites for hydroxylation is 1. The molecule has 0 radical (unpaired) electrons. The maximum absolute atomic E-state index is 5.84. The van der Waals surface area contributed by atoms with Crippen molar-refractivity contribution in [2.45, 2.75) is 25.9 Å². The summed E-state index contributed by atoms with van der Waals surface area (Å²) in [4.78, 5) is 12.6. The van der Waals surface area contributed by atoms with Crippen LogP contribution in [-0.4, -0.2) is 15.0 Å². The molecule has 0 fully saturated rings. The minimum atomic E-state index is -0.155. The Morgan fingerprint density at radius 3 is 2.89 bits per heavy atom. The van der Waals surface area contributed by atoms with E-state index < -0.39 is 0 Å². The first-order valence-corrected chi connectivity index (χ1v) is 6.01. The first-order valence-electron chi connectivity index (χ1n) is 6.01. The topological polar surface area (TPSA) is 73.9 Å². The SMILES string of the molecule is CCc1nc(N)nc(C2Cc3ccccc3O2)n1. The maximum Gasteiger partial charge on any atom is 0.223 e. The van der Waals surface area contributed by atoms with Crippen molar-refractivity contribution in [3.8, 4) is 5.75 Å². The number of aromatic nitrogens is 3. The van der Waals surface area contributed by atoms with Gasteiger partial charge in [-0.3, -0.25) is 0 Å². The standard InChI is InChI=1S/C13H14N4O/c1-2-11-15-12(17-13(14)16-11)10-7-8-5-3-4-6-9(8)18-10/h3-6,10H,2,7H2,1H3,(H2,14,15,16,17). The van der Waals surface area contributed by atoms with Crippen LogP contribution in [0, 0.1) is 0 Å². The molecule has 1 atom stereocenters. The normalized spacial score (nSPS) is 17.3. The molecule has 1 unspecified atom stereocenters. The van der Waals surface area contributed by atoms with Gasteiger partial charge in [-0.2, -0.15) is 9.97 Å². The molecule has 1 aliphatic heterocycles. The number of nitrogens with two attached hydrogens (primary N) is 1. The number of nitrogens with zero attached hydrogens (tertiary/aromatic N) is 3. The van der Waals surface area contributed by atoms with Crippen LogP contribution in [0.5, 0.6) is 5.75 Å². The van der Waals surface area contributed by atoms with E-state index >= 15 is 0 Å². The van der Waals surface area contributed by atoms with Crippen LogP contribution >= 0.6 is 0 Å². The summed E-state index contributed by atoms with van der Waals surface area (Å²) in [5.41, 5.74) is 6.87. The molecule has 5 nitrogen and oxygen atoms in total. The Morgan fingerprint density at radius 2 is 2.11 bits per heavy atom. The van der Waals surface area contributed by atoms with E-state index in [1.165, 1.54) is 5.56 Å². The molecular weight excluding hydrogens is 228 g/mol. The van der Waals surface area contributed by atoms with Gasteiger partial charge in [0.2, 0.25) is 5.95 Å². The molecule has 2 N–H and O–H groups in total. The fourth-order valence-corrected chi connectivity index (χ4v) is 2.09. The summed E-state index contributed by atoms with van der Waals surface area (Å²) < 4.78 is 5.84. The Bertz CT molecular complexity index is 560. The molecule has 0 spiro atoms. The van der Waals surface area contributed by atoms with Crippen LogP contribution in [0.15, 0.2) is 24.3 Å². The predicted octanol–water partition coefficient (Wildman–Crippen LogP) is 1.69. The molecular formula is C13H14N4O. The van der Waals surface area contributed by atoms with Gasteiger partial charge in [-0.1, -0.05) is 25.1 Å². The lowest BCUT2D eigenvalue weighted by molar-refractivity contribution is 0.227. The third-order valence-corrected chi connectivity index (χ3v) is 2.97. The number of benzene rings is 1. The van der Waals surface area contributed by atoms with Gasteiger partial charge in [0, 0.05) is 12.8 Å². The molecule has 3 rings (SSSR count). The van der Waals surface area contributed by atoms with Crippen LogP contribution in [0.4, 0.5) is 5.95 Å². The Hall–Kier alpha value is -2.17. The fourth-order valence-electron chi connectivity index (χ4n) is 2.09. The van der Waals surface area contributed by atoms with Gasteiger partial charge in [-0.15, -0.1) is 0 Å². The lowest BCUT2D eigenvalue weighted by atomic mass is 10.1. The summed E-state index contributed by atoms with van der Waals surface area (Å²) >= 11 is 0. The largest absolute Gasteiger partial charge is 0.482 e. The van der Waals surface area contributed by atoms with Crippen molar-refractivity contribution in [3.05, 3.63) is 41.5 Å². The molecule has 0 aliphatic carbocycles. The van der Waals surface area contributed by atoms with E-state index in [1.54, 1.807) is 0 Å². The second kappa shape index (κ2) is 4.25. The van der Waals surface area contributed by atoms with E-state index in [2.05, 4.69) is 21.0 Å². The van der Waals surface area contributed by atoms with Crippen LogP contribution in [0.1, 0.15) is 30.2 Å². The van der Waals surface area contributed by atoms with E-state index in [-0.39, 0.29) is 12.1 Å². The minimum Gasteiger partial charge on any atom is -0.482 e. The molecule has 1 aliphatic rings. The highest BCUT2D eigenvalue weighted by Crippen LogP contribution is 2.35. The van der Waals surface area contributed by atoms with Gasteiger partial charge >= 0.3 is 0 Å². The zero-order valence-electron chi connectivity index (χ0n) is 10.1. The highest BCUT2D eigenvalue weighted by molar-refractivity contribution is 5.38. The van der Waals surface area contributed by atoms with Crippen LogP contribution < -0.4 is 10.5 Å². The maximum atomic E-state index is 5.84. The molecule has 1 aromatic heterocycles. The van der Waals surface area contributed by atoms with Gasteiger partial charge in [-0.05, 0) is 11.6 Å². The third kappa shape index (κ3) is 1.88. The predicted molar refractivity (Wildman–Crippen MR) is 67.1 cm³/mol. The second-order valence-corrected chi connectivity index (χ2v) is 4.24. The Morgan fingerprint density at radius 1 is 1.28 bits per heavy atom. The smallest absolute Gasteiger partial charge is 0.223 e. The lowest BCUT2D eigenvalue weighted by Crippen LogP contribution is -2.13. The van der Waals surface area contributed by atoms with Crippen LogP contribution in [0.2, 0.25) is 0 Å². The molecule has 92 valence electrons. The summed E-state index contributed by atoms with van der Waals surface area (Å²) in [5.74, 6) is 2.49. The molecule has 2 heterocycles. The van der Waals surface area contributed by atoms with Crippen molar-refractivity contribution in [3.63, 3.8) is 0 Å². The van der Waals surface area contributed by atoms with Crippen LogP contribution in [0.3, 0.4) is 0 Å². The fraction of sp³-hybridized carbons (Fsp3) is 0.308. The number of hydrogen-bond acceptors (Lipinski definition) is 5. The Labute approximate surface area is 105 Å². The average molecular weight is 242 g/mol. The molecule has 2 aromatic rings. The molecule has 0 saturated carbocycles. The number of hydrogen-bond donors (Lipinski definition) is 1. The monoisotopic (exact) mass is 242 g/mol. The van der Waals surface area contributed by atoms with Crippen LogP contribution in [0.25, 0.3) is 0 Å². The number of ether oxygens (including phenoxy) is 1. The molecule has 0 bridgehead atoms. The van der Waals surface area contributed by atoms with Crippen molar-refractivity contribution in [2.75, 3.05) is 5.73 Å². The van der Waals surface area contributed by atoms with Crippen molar-refractivity contribution < 1.29 is 4.74 Å². The number of para-hydroxylation sites is 1. The van der Waals surface area contributed by atoms with E-state index in [4.69, 9.17) is 10.5 Å². The van der Waals surface area contributed by atoms with Gasteiger partial charge in [0.25, 0.3) is 0 Å². The van der Waals surface area contributed by atoms with E-state index in [9.17, 15) is 0 Å². The minimum absolute atomic E-state index is 0.155. The molecule has 1 aromatic carbocycles. The Balaban J connectivity index is 1.92. The number of rotatable bonds is 2. The molecule has 5 heteroatoms. The van der Waals surface area contributed by atoms with E-state index in [0.29, 0.717) is 11.6 Å². The molecule has 0 saturated heterocycles. The van der Waals surface area contributed by atoms with Crippen molar-refractivity contribution in [2.24, 2.45) is 0 Å². The third-order valence-electron chi connectivity index (χ3n) is 2.97. The van der Waals surface area contributed by atoms with E-state index in [1.807, 2.05) is 25.1 Å². The van der Waals surface area contributed by atoms with Crippen molar-refractivity contribution in [1.82, 2.24) is 15.0 Å². The zero-order valence-corrected chi connectivity index (χ0v) is 10.1. The summed E-state index contributed by atoms with van der Waals surface area (Å²) in [6.45, 7) is 1.99. The highest BCUT2D eigenvalue weighted by atomic mass is 16.5. The van der Waals surface area contributed by atoms with Gasteiger partial charge in [0.1, 0.15) is 11.6 Å². The first kappa shape index (κ1) is 11.0. The number of nitrogen functional groups attached to an aromatic ring is 1. The summed E-state index contributed by atoms with van der Waals surface area (Å²) in [6.07, 6.45) is 1.36. The van der Waals surface area contributed by atoms with Gasteiger partial charge in [0.15, 0.2) is 11.9 Å². The van der Waals surface area contributed by atoms with Gasteiger partial charge < -0.3 is 10.5 Å². The summed E-state index contributed by atoms with van der Waals surface area (Å²) in [6, 6.07) is 7.98. The average Bonchev–Trinajstić information content (AvgIpc) is 2.81. The van der Waals surface area contributed by atoms with Crippen molar-refractivity contribution >= 4 is 5.95 Å². The van der Waals surface area contributed by atoms with Crippen LogP contribution in [-0.2, 0) is 12.8 Å². The van der Waals surface area contributed by atoms with Gasteiger partial charge in [0.05, 0.1) is 0 Å². The Kier molecular flexibility index (Phi) is 2.59. The summed E-state index contributed by atoms with van der Waals surface area (Å²) in [5, 5.41) is 0. The number of fused-ring (bicyclic) bond motifs is 1. The summed E-state index contributed by atoms with van der Waals surface area (Å²) in [7, 11) is 0. The molecule has 0 amide bonds. The second-order valence-electron chi connectivity index (χ2n) is 4.24.